The molecule has 4 N–H and O–H groups in total. The molecule has 3 amide bonds. The molecule has 0 aliphatic rings. The van der Waals surface area contributed by atoms with Gasteiger partial charge in [-0.3, -0.25) is 4.79 Å². The Kier molecular flexibility index (Phi) is 5.76. The van der Waals surface area contributed by atoms with Gasteiger partial charge in [-0.2, -0.15) is 0 Å². The summed E-state index contributed by atoms with van der Waals surface area (Å²) in [5.41, 5.74) is 7.48. The van der Waals surface area contributed by atoms with Gasteiger partial charge in [0.15, 0.2) is 0 Å². The van der Waals surface area contributed by atoms with Crippen LogP contribution >= 0.6 is 15.9 Å². The molecule has 0 bridgehead atoms. The SMILES string of the molecule is CC(NC(=O)c1ccc(CNC(N)=O)cc1)c1ccccc1Br. The Morgan fingerprint density at radius 1 is 1.13 bits per heavy atom. The molecule has 23 heavy (non-hydrogen) atoms. The van der Waals surface area contributed by atoms with E-state index in [4.69, 9.17) is 5.73 Å². The number of amides is 3. The molecule has 2 aromatic carbocycles. The number of rotatable bonds is 5. The maximum atomic E-state index is 12.3. The number of nitrogens with one attached hydrogen (secondary N) is 2. The molecule has 0 saturated heterocycles. The van der Waals surface area contributed by atoms with E-state index in [1.807, 2.05) is 31.2 Å². The highest BCUT2D eigenvalue weighted by molar-refractivity contribution is 9.10. The second kappa shape index (κ2) is 7.78. The molecule has 6 heteroatoms. The minimum Gasteiger partial charge on any atom is -0.352 e. The second-order valence-electron chi connectivity index (χ2n) is 5.13. The van der Waals surface area contributed by atoms with Crippen molar-refractivity contribution >= 4 is 27.9 Å². The highest BCUT2D eigenvalue weighted by Crippen LogP contribution is 2.23. The van der Waals surface area contributed by atoms with E-state index in [0.29, 0.717) is 12.1 Å². The number of urea groups is 1. The molecule has 0 heterocycles. The molecule has 0 saturated carbocycles. The van der Waals surface area contributed by atoms with Crippen molar-refractivity contribution in [1.29, 1.82) is 0 Å². The van der Waals surface area contributed by atoms with Gasteiger partial charge in [0, 0.05) is 16.6 Å². The number of hydrogen-bond acceptors (Lipinski definition) is 2. The first-order chi connectivity index (χ1) is 11.0. The number of benzene rings is 2. The summed E-state index contributed by atoms with van der Waals surface area (Å²) in [6.07, 6.45) is 0. The van der Waals surface area contributed by atoms with Gasteiger partial charge in [0.25, 0.3) is 5.91 Å². The van der Waals surface area contributed by atoms with Crippen molar-refractivity contribution in [3.8, 4) is 0 Å². The summed E-state index contributed by atoms with van der Waals surface area (Å²) >= 11 is 3.49. The molecule has 1 atom stereocenters. The number of primary amides is 1. The van der Waals surface area contributed by atoms with E-state index < -0.39 is 6.03 Å². The van der Waals surface area contributed by atoms with Crippen molar-refractivity contribution in [3.05, 3.63) is 69.7 Å². The summed E-state index contributed by atoms with van der Waals surface area (Å²) in [5, 5.41) is 5.47. The zero-order valence-corrected chi connectivity index (χ0v) is 14.3. The Bertz CT molecular complexity index is 701. The highest BCUT2D eigenvalue weighted by Gasteiger charge is 2.13. The highest BCUT2D eigenvalue weighted by atomic mass is 79.9. The first kappa shape index (κ1) is 17.0. The normalized spacial score (nSPS) is 11.6. The van der Waals surface area contributed by atoms with Crippen molar-refractivity contribution in [1.82, 2.24) is 10.6 Å². The number of carbonyl (C=O) groups is 2. The smallest absolute Gasteiger partial charge is 0.312 e. The van der Waals surface area contributed by atoms with Crippen LogP contribution in [0.4, 0.5) is 4.79 Å². The summed E-state index contributed by atoms with van der Waals surface area (Å²) in [7, 11) is 0. The van der Waals surface area contributed by atoms with Gasteiger partial charge in [-0.25, -0.2) is 4.79 Å². The van der Waals surface area contributed by atoms with Gasteiger partial charge in [-0.05, 0) is 36.2 Å². The Morgan fingerprint density at radius 3 is 2.39 bits per heavy atom. The van der Waals surface area contributed by atoms with Gasteiger partial charge < -0.3 is 16.4 Å². The van der Waals surface area contributed by atoms with Crippen molar-refractivity contribution in [2.75, 3.05) is 0 Å². The predicted octanol–water partition coefficient (Wildman–Crippen LogP) is 3.11. The van der Waals surface area contributed by atoms with Crippen LogP contribution in [0.25, 0.3) is 0 Å². The topological polar surface area (TPSA) is 84.2 Å². The van der Waals surface area contributed by atoms with Gasteiger partial charge >= 0.3 is 6.03 Å². The van der Waals surface area contributed by atoms with Crippen LogP contribution in [0.1, 0.15) is 34.5 Å². The lowest BCUT2D eigenvalue weighted by Gasteiger charge is -2.16. The predicted molar refractivity (Wildman–Crippen MR) is 92.9 cm³/mol. The quantitative estimate of drug-likeness (QED) is 0.749. The van der Waals surface area contributed by atoms with Crippen LogP contribution < -0.4 is 16.4 Å². The van der Waals surface area contributed by atoms with Gasteiger partial charge in [0.1, 0.15) is 0 Å². The zero-order chi connectivity index (χ0) is 16.8. The molecule has 0 aromatic heterocycles. The Balaban J connectivity index is 2.00. The van der Waals surface area contributed by atoms with Crippen LogP contribution in [0.2, 0.25) is 0 Å². The van der Waals surface area contributed by atoms with Crippen LogP contribution in [-0.2, 0) is 6.54 Å². The molecule has 0 aliphatic carbocycles. The van der Waals surface area contributed by atoms with Crippen molar-refractivity contribution in [3.63, 3.8) is 0 Å². The van der Waals surface area contributed by atoms with Crippen LogP contribution in [0.5, 0.6) is 0 Å². The zero-order valence-electron chi connectivity index (χ0n) is 12.7. The molecule has 0 radical (unpaired) electrons. The molecule has 120 valence electrons. The van der Waals surface area contributed by atoms with E-state index in [1.165, 1.54) is 0 Å². The van der Waals surface area contributed by atoms with Crippen LogP contribution in [-0.4, -0.2) is 11.9 Å². The van der Waals surface area contributed by atoms with E-state index in [9.17, 15) is 9.59 Å². The molecule has 5 nitrogen and oxygen atoms in total. The minimum absolute atomic E-state index is 0.116. The lowest BCUT2D eigenvalue weighted by Crippen LogP contribution is -2.29. The number of halogens is 1. The fraction of sp³-hybridized carbons (Fsp3) is 0.176. The Labute approximate surface area is 143 Å². The van der Waals surface area contributed by atoms with Gasteiger partial charge in [0.2, 0.25) is 0 Å². The standard InChI is InChI=1S/C17H18BrN3O2/c1-11(14-4-2-3-5-15(14)18)21-16(22)13-8-6-12(7-9-13)10-20-17(19)23/h2-9,11H,10H2,1H3,(H,21,22)(H3,19,20,23). The van der Waals surface area contributed by atoms with E-state index in [-0.39, 0.29) is 11.9 Å². The van der Waals surface area contributed by atoms with Crippen LogP contribution in [0, 0.1) is 0 Å². The summed E-state index contributed by atoms with van der Waals surface area (Å²) in [5.74, 6) is -0.150. The fourth-order valence-corrected chi connectivity index (χ4v) is 2.78. The molecular weight excluding hydrogens is 358 g/mol. The second-order valence-corrected chi connectivity index (χ2v) is 5.99. The minimum atomic E-state index is -0.575. The van der Waals surface area contributed by atoms with Crippen LogP contribution in [0.3, 0.4) is 0 Å². The third-order valence-corrected chi connectivity index (χ3v) is 4.12. The molecule has 0 aliphatic heterocycles. The monoisotopic (exact) mass is 375 g/mol. The van der Waals surface area contributed by atoms with Gasteiger partial charge in [-0.15, -0.1) is 0 Å². The number of hydrogen-bond donors (Lipinski definition) is 3. The first-order valence-corrected chi connectivity index (χ1v) is 7.94. The van der Waals surface area contributed by atoms with E-state index in [1.54, 1.807) is 24.3 Å². The number of carbonyl (C=O) groups excluding carboxylic acids is 2. The molecule has 1 unspecified atom stereocenters. The van der Waals surface area contributed by atoms with Crippen molar-refractivity contribution in [2.45, 2.75) is 19.5 Å². The molecule has 2 rings (SSSR count). The van der Waals surface area contributed by atoms with Gasteiger partial charge in [-0.1, -0.05) is 46.3 Å². The third-order valence-electron chi connectivity index (χ3n) is 3.40. The summed E-state index contributed by atoms with van der Waals surface area (Å²) in [4.78, 5) is 23.0. The summed E-state index contributed by atoms with van der Waals surface area (Å²) in [6.45, 7) is 2.27. The molecule has 0 spiro atoms. The van der Waals surface area contributed by atoms with E-state index in [0.717, 1.165) is 15.6 Å². The average Bonchev–Trinajstić information content (AvgIpc) is 2.53. The molecular formula is C17H18BrN3O2. The van der Waals surface area contributed by atoms with Gasteiger partial charge in [0.05, 0.1) is 6.04 Å². The lowest BCUT2D eigenvalue weighted by atomic mass is 10.1. The largest absolute Gasteiger partial charge is 0.352 e. The average molecular weight is 376 g/mol. The molecule has 0 fully saturated rings. The Morgan fingerprint density at radius 2 is 1.78 bits per heavy atom. The summed E-state index contributed by atoms with van der Waals surface area (Å²) in [6, 6.07) is 14.1. The number of nitrogens with two attached hydrogens (primary N) is 1. The lowest BCUT2D eigenvalue weighted by molar-refractivity contribution is 0.0939. The summed E-state index contributed by atoms with van der Waals surface area (Å²) < 4.78 is 0.959. The van der Waals surface area contributed by atoms with Crippen LogP contribution in [0.15, 0.2) is 53.0 Å². The first-order valence-electron chi connectivity index (χ1n) is 7.15. The fourth-order valence-electron chi connectivity index (χ4n) is 2.15. The maximum Gasteiger partial charge on any atom is 0.312 e. The molecule has 2 aromatic rings. The van der Waals surface area contributed by atoms with Crippen molar-refractivity contribution in [2.24, 2.45) is 5.73 Å². The third kappa shape index (κ3) is 4.82. The van der Waals surface area contributed by atoms with E-state index >= 15 is 0 Å². The van der Waals surface area contributed by atoms with Crippen molar-refractivity contribution < 1.29 is 9.59 Å². The maximum absolute atomic E-state index is 12.3. The van der Waals surface area contributed by atoms with E-state index in [2.05, 4.69) is 26.6 Å². The Hall–Kier alpha value is -2.34.